The van der Waals surface area contributed by atoms with E-state index in [2.05, 4.69) is 90.9 Å². The van der Waals surface area contributed by atoms with Gasteiger partial charge in [0.05, 0.1) is 11.2 Å². The lowest BCUT2D eigenvalue weighted by Gasteiger charge is -2.09. The van der Waals surface area contributed by atoms with Crippen LogP contribution in [0.3, 0.4) is 0 Å². The predicted molar refractivity (Wildman–Crippen MR) is 120 cm³/mol. The van der Waals surface area contributed by atoms with Gasteiger partial charge in [0, 0.05) is 17.5 Å². The molecule has 146 valence electrons. The molecule has 2 heterocycles. The van der Waals surface area contributed by atoms with E-state index in [0.717, 1.165) is 33.9 Å². The highest BCUT2D eigenvalue weighted by Crippen LogP contribution is 2.27. The molecule has 0 unspecified atom stereocenters. The van der Waals surface area contributed by atoms with E-state index in [1.165, 1.54) is 16.7 Å². The van der Waals surface area contributed by atoms with Crippen LogP contribution in [-0.4, -0.2) is 19.8 Å². The molecule has 0 amide bonds. The van der Waals surface area contributed by atoms with Crippen molar-refractivity contribution < 1.29 is 0 Å². The number of nitrogens with zero attached hydrogens (tertiary/aromatic N) is 4. The minimum atomic E-state index is 0.690. The lowest BCUT2D eigenvalue weighted by atomic mass is 10.1. The van der Waals surface area contributed by atoms with Gasteiger partial charge in [-0.25, -0.2) is 4.98 Å². The van der Waals surface area contributed by atoms with E-state index >= 15 is 0 Å². The summed E-state index contributed by atoms with van der Waals surface area (Å²) in [5, 5.41) is 9.02. The zero-order chi connectivity index (χ0) is 20.5. The van der Waals surface area contributed by atoms with E-state index in [-0.39, 0.29) is 0 Å². The highest BCUT2D eigenvalue weighted by atomic mass is 15.4. The maximum atomic E-state index is 4.98. The first-order valence-corrected chi connectivity index (χ1v) is 10.1. The SMILES string of the molecule is Cc1cccc(Cc2nc(-c3ccccc3)cc3c(-c4cccc(C)c4)nnn23)c1. The van der Waals surface area contributed by atoms with Crippen molar-refractivity contribution >= 4 is 5.52 Å². The quantitative estimate of drug-likeness (QED) is 0.397. The molecule has 0 N–H and O–H groups in total. The van der Waals surface area contributed by atoms with Crippen LogP contribution in [0.2, 0.25) is 0 Å². The van der Waals surface area contributed by atoms with Crippen molar-refractivity contribution in [2.75, 3.05) is 0 Å². The Morgan fingerprint density at radius 2 is 1.47 bits per heavy atom. The molecule has 0 bridgehead atoms. The number of rotatable bonds is 4. The van der Waals surface area contributed by atoms with Gasteiger partial charge in [-0.3, -0.25) is 0 Å². The van der Waals surface area contributed by atoms with Crippen LogP contribution >= 0.6 is 0 Å². The number of aryl methyl sites for hydroxylation is 2. The van der Waals surface area contributed by atoms with E-state index < -0.39 is 0 Å². The van der Waals surface area contributed by atoms with E-state index in [4.69, 9.17) is 4.98 Å². The van der Waals surface area contributed by atoms with Crippen molar-refractivity contribution in [1.82, 2.24) is 19.8 Å². The lowest BCUT2D eigenvalue weighted by Crippen LogP contribution is -2.05. The van der Waals surface area contributed by atoms with Gasteiger partial charge >= 0.3 is 0 Å². The van der Waals surface area contributed by atoms with Gasteiger partial charge in [0.1, 0.15) is 11.5 Å². The van der Waals surface area contributed by atoms with Gasteiger partial charge in [0.2, 0.25) is 0 Å². The monoisotopic (exact) mass is 390 g/mol. The van der Waals surface area contributed by atoms with Gasteiger partial charge in [-0.2, -0.15) is 4.52 Å². The third kappa shape index (κ3) is 3.48. The van der Waals surface area contributed by atoms with Gasteiger partial charge in [-0.15, -0.1) is 5.10 Å². The summed E-state index contributed by atoms with van der Waals surface area (Å²) in [7, 11) is 0. The van der Waals surface area contributed by atoms with Crippen LogP contribution in [0, 0.1) is 13.8 Å². The summed E-state index contributed by atoms with van der Waals surface area (Å²) in [5.74, 6) is 0.878. The zero-order valence-corrected chi connectivity index (χ0v) is 17.1. The van der Waals surface area contributed by atoms with Crippen molar-refractivity contribution in [3.63, 3.8) is 0 Å². The Kier molecular flexibility index (Phi) is 4.60. The van der Waals surface area contributed by atoms with Crippen molar-refractivity contribution in [1.29, 1.82) is 0 Å². The van der Waals surface area contributed by atoms with E-state index in [9.17, 15) is 0 Å². The normalized spacial score (nSPS) is 11.1. The van der Waals surface area contributed by atoms with Crippen LogP contribution < -0.4 is 0 Å². The number of benzene rings is 3. The standard InChI is InChI=1S/C26H22N4/c1-18-8-6-10-20(14-18)16-25-27-23(21-11-4-3-5-12-21)17-24-26(28-29-30(24)25)22-13-7-9-19(2)15-22/h3-15,17H,16H2,1-2H3. The molecule has 0 atom stereocenters. The Hall–Kier alpha value is -3.79. The summed E-state index contributed by atoms with van der Waals surface area (Å²) in [6.45, 7) is 4.20. The Balaban J connectivity index is 1.72. The summed E-state index contributed by atoms with van der Waals surface area (Å²) in [4.78, 5) is 4.98. The van der Waals surface area contributed by atoms with Gasteiger partial charge in [-0.05, 0) is 31.5 Å². The summed E-state index contributed by atoms with van der Waals surface area (Å²) >= 11 is 0. The summed E-state index contributed by atoms with van der Waals surface area (Å²) in [5.41, 5.74) is 8.58. The molecule has 2 aromatic heterocycles. The maximum absolute atomic E-state index is 4.98. The molecule has 0 saturated heterocycles. The highest BCUT2D eigenvalue weighted by Gasteiger charge is 2.16. The maximum Gasteiger partial charge on any atom is 0.137 e. The van der Waals surface area contributed by atoms with Gasteiger partial charge in [-0.1, -0.05) is 89.1 Å². The van der Waals surface area contributed by atoms with Crippen molar-refractivity contribution in [2.24, 2.45) is 0 Å². The topological polar surface area (TPSA) is 43.1 Å². The minimum absolute atomic E-state index is 0.690. The second-order valence-electron chi connectivity index (χ2n) is 7.69. The number of hydrogen-bond acceptors (Lipinski definition) is 3. The third-order valence-electron chi connectivity index (χ3n) is 5.28. The Morgan fingerprint density at radius 3 is 2.23 bits per heavy atom. The average molecular weight is 390 g/mol. The number of aromatic nitrogens is 4. The Labute approximate surface area is 175 Å². The van der Waals surface area contributed by atoms with E-state index in [1.807, 2.05) is 22.7 Å². The van der Waals surface area contributed by atoms with Crippen LogP contribution in [0.15, 0.2) is 84.9 Å². The van der Waals surface area contributed by atoms with Crippen LogP contribution in [-0.2, 0) is 6.42 Å². The molecular formula is C26H22N4. The summed E-state index contributed by atoms with van der Waals surface area (Å²) < 4.78 is 1.88. The molecule has 0 fully saturated rings. The van der Waals surface area contributed by atoms with Crippen molar-refractivity contribution in [2.45, 2.75) is 20.3 Å². The molecule has 0 aliphatic carbocycles. The molecule has 4 heteroatoms. The Bertz CT molecular complexity index is 1340. The molecule has 5 rings (SSSR count). The molecule has 0 aliphatic rings. The fraction of sp³-hybridized carbons (Fsp3) is 0.115. The fourth-order valence-electron chi connectivity index (χ4n) is 3.83. The third-order valence-corrected chi connectivity index (χ3v) is 5.28. The summed E-state index contributed by atoms with van der Waals surface area (Å²) in [6.07, 6.45) is 0.690. The molecule has 0 saturated carbocycles. The molecule has 4 nitrogen and oxygen atoms in total. The fourth-order valence-corrected chi connectivity index (χ4v) is 3.83. The molecule has 0 spiro atoms. The predicted octanol–water partition coefficient (Wildman–Crippen LogP) is 5.67. The van der Waals surface area contributed by atoms with Crippen molar-refractivity contribution in [3.8, 4) is 22.5 Å². The minimum Gasteiger partial charge on any atom is -0.232 e. The van der Waals surface area contributed by atoms with Gasteiger partial charge < -0.3 is 0 Å². The Morgan fingerprint density at radius 1 is 0.733 bits per heavy atom. The largest absolute Gasteiger partial charge is 0.232 e. The molecular weight excluding hydrogens is 368 g/mol. The summed E-state index contributed by atoms with van der Waals surface area (Å²) in [6, 6.07) is 29.3. The first-order valence-electron chi connectivity index (χ1n) is 10.1. The van der Waals surface area contributed by atoms with E-state index in [0.29, 0.717) is 6.42 Å². The molecule has 30 heavy (non-hydrogen) atoms. The molecule has 0 aliphatic heterocycles. The second kappa shape index (κ2) is 7.56. The second-order valence-corrected chi connectivity index (χ2v) is 7.69. The van der Waals surface area contributed by atoms with Crippen molar-refractivity contribution in [3.05, 3.63) is 107 Å². The van der Waals surface area contributed by atoms with Gasteiger partial charge in [0.15, 0.2) is 0 Å². The molecule has 0 radical (unpaired) electrons. The van der Waals surface area contributed by atoms with Crippen LogP contribution in [0.5, 0.6) is 0 Å². The zero-order valence-electron chi connectivity index (χ0n) is 17.1. The molecule has 3 aromatic carbocycles. The lowest BCUT2D eigenvalue weighted by molar-refractivity contribution is 0.776. The first-order chi connectivity index (χ1) is 14.7. The number of hydrogen-bond donors (Lipinski definition) is 0. The average Bonchev–Trinajstić information content (AvgIpc) is 3.19. The van der Waals surface area contributed by atoms with Gasteiger partial charge in [0.25, 0.3) is 0 Å². The number of fused-ring (bicyclic) bond motifs is 1. The smallest absolute Gasteiger partial charge is 0.137 e. The van der Waals surface area contributed by atoms with Crippen LogP contribution in [0.4, 0.5) is 0 Å². The van der Waals surface area contributed by atoms with E-state index in [1.54, 1.807) is 0 Å². The van der Waals surface area contributed by atoms with Crippen LogP contribution in [0.25, 0.3) is 28.0 Å². The highest BCUT2D eigenvalue weighted by molar-refractivity contribution is 5.80. The molecule has 5 aromatic rings. The first kappa shape index (κ1) is 18.3. The van der Waals surface area contributed by atoms with Crippen LogP contribution in [0.1, 0.15) is 22.5 Å².